The lowest BCUT2D eigenvalue weighted by Crippen LogP contribution is -2.37. The fourth-order valence-electron chi connectivity index (χ4n) is 3.79. The van der Waals surface area contributed by atoms with E-state index in [1.807, 2.05) is 70.5 Å². The van der Waals surface area contributed by atoms with Crippen molar-refractivity contribution < 1.29 is 9.66 Å². The van der Waals surface area contributed by atoms with Crippen molar-refractivity contribution in [2.24, 2.45) is 5.10 Å². The van der Waals surface area contributed by atoms with E-state index in [0.717, 1.165) is 11.4 Å². The van der Waals surface area contributed by atoms with Crippen LogP contribution in [0.2, 0.25) is 0 Å². The summed E-state index contributed by atoms with van der Waals surface area (Å²) in [6.45, 7) is 2.49. The van der Waals surface area contributed by atoms with Crippen molar-refractivity contribution in [1.82, 2.24) is 15.0 Å². The Hall–Kier alpha value is -4.90. The van der Waals surface area contributed by atoms with Crippen LogP contribution >= 0.6 is 0 Å². The summed E-state index contributed by atoms with van der Waals surface area (Å²) in [5, 5.41) is 15.1. The maximum absolute atomic E-state index is 10.9. The number of nitro benzene ring substituents is 1. The minimum atomic E-state index is -0.441. The molecule has 11 nitrogen and oxygen atoms in total. The maximum Gasteiger partial charge on any atom is 0.269 e. The molecule has 1 aliphatic heterocycles. The number of nitrogens with one attached hydrogen (secondary N) is 1. The molecule has 3 aromatic carbocycles. The molecule has 0 bridgehead atoms. The van der Waals surface area contributed by atoms with Crippen LogP contribution in [0, 0.1) is 10.1 Å². The van der Waals surface area contributed by atoms with Gasteiger partial charge in [-0.3, -0.25) is 15.0 Å². The van der Waals surface area contributed by atoms with Gasteiger partial charge in [-0.15, -0.1) is 0 Å². The third-order valence-electron chi connectivity index (χ3n) is 5.62. The van der Waals surface area contributed by atoms with Crippen LogP contribution in [0.5, 0.6) is 0 Å². The summed E-state index contributed by atoms with van der Waals surface area (Å²) < 4.78 is 5.50. The summed E-state index contributed by atoms with van der Waals surface area (Å²) >= 11 is 0. The van der Waals surface area contributed by atoms with Crippen LogP contribution in [0.1, 0.15) is 5.56 Å². The molecule has 1 aliphatic rings. The molecule has 11 heteroatoms. The van der Waals surface area contributed by atoms with Gasteiger partial charge in [0.15, 0.2) is 0 Å². The number of hydrogen-bond donors (Lipinski definition) is 1. The van der Waals surface area contributed by atoms with Gasteiger partial charge in [0.2, 0.25) is 17.8 Å². The second kappa shape index (κ2) is 11.2. The van der Waals surface area contributed by atoms with E-state index in [1.54, 1.807) is 18.3 Å². The Balaban J connectivity index is 1.50. The summed E-state index contributed by atoms with van der Waals surface area (Å²) in [4.78, 5) is 28.6. The van der Waals surface area contributed by atoms with Gasteiger partial charge in [0, 0.05) is 36.6 Å². The third kappa shape index (κ3) is 5.85. The normalized spacial score (nSPS) is 13.5. The Morgan fingerprint density at radius 2 is 1.51 bits per heavy atom. The minimum absolute atomic E-state index is 0.0179. The van der Waals surface area contributed by atoms with Crippen LogP contribution in [0.25, 0.3) is 0 Å². The average molecular weight is 497 g/mol. The number of ether oxygens (including phenoxy) is 1. The molecule has 186 valence electrons. The van der Waals surface area contributed by atoms with Crippen LogP contribution in [0.3, 0.4) is 0 Å². The first-order valence-electron chi connectivity index (χ1n) is 11.7. The van der Waals surface area contributed by atoms with E-state index < -0.39 is 4.92 Å². The van der Waals surface area contributed by atoms with E-state index in [4.69, 9.17) is 9.72 Å². The van der Waals surface area contributed by atoms with Crippen molar-refractivity contribution in [2.75, 3.05) is 41.5 Å². The Kier molecular flexibility index (Phi) is 7.23. The number of nitrogens with zero attached hydrogens (tertiary/aromatic N) is 7. The quantitative estimate of drug-likeness (QED) is 0.213. The number of morpholine rings is 1. The molecule has 0 amide bonds. The van der Waals surface area contributed by atoms with Crippen LogP contribution < -0.4 is 15.2 Å². The highest BCUT2D eigenvalue weighted by Gasteiger charge is 2.21. The van der Waals surface area contributed by atoms with E-state index in [1.165, 1.54) is 12.1 Å². The average Bonchev–Trinajstić information content (AvgIpc) is 2.95. The fraction of sp³-hybridized carbons (Fsp3) is 0.154. The van der Waals surface area contributed by atoms with Crippen molar-refractivity contribution in [1.29, 1.82) is 0 Å². The molecule has 37 heavy (non-hydrogen) atoms. The van der Waals surface area contributed by atoms with Crippen LogP contribution in [-0.4, -0.2) is 52.4 Å². The van der Waals surface area contributed by atoms with Crippen LogP contribution in [-0.2, 0) is 4.74 Å². The number of hydrogen-bond acceptors (Lipinski definition) is 10. The predicted molar refractivity (Wildman–Crippen MR) is 142 cm³/mol. The van der Waals surface area contributed by atoms with E-state index in [9.17, 15) is 10.1 Å². The monoisotopic (exact) mass is 496 g/mol. The largest absolute Gasteiger partial charge is 0.378 e. The molecule has 0 unspecified atom stereocenters. The molecule has 4 aromatic rings. The molecule has 0 radical (unpaired) electrons. The van der Waals surface area contributed by atoms with Crippen molar-refractivity contribution >= 4 is 41.1 Å². The summed E-state index contributed by atoms with van der Waals surface area (Å²) in [5.41, 5.74) is 5.40. The summed E-state index contributed by atoms with van der Waals surface area (Å²) in [7, 11) is 0. The molecule has 0 saturated carbocycles. The number of rotatable bonds is 8. The first kappa shape index (κ1) is 23.8. The van der Waals surface area contributed by atoms with Crippen LogP contribution in [0.4, 0.5) is 34.9 Å². The van der Waals surface area contributed by atoms with E-state index in [0.29, 0.717) is 43.8 Å². The molecule has 1 aromatic heterocycles. The van der Waals surface area contributed by atoms with Crippen molar-refractivity contribution in [2.45, 2.75) is 0 Å². The number of hydrazone groups is 1. The van der Waals surface area contributed by atoms with Gasteiger partial charge in [-0.25, -0.2) is 5.43 Å². The fourth-order valence-corrected chi connectivity index (χ4v) is 3.79. The molecule has 0 spiro atoms. The molecule has 1 fully saturated rings. The second-order valence-corrected chi connectivity index (χ2v) is 8.08. The number of benzene rings is 3. The Labute approximate surface area is 213 Å². The second-order valence-electron chi connectivity index (χ2n) is 8.08. The van der Waals surface area contributed by atoms with E-state index in [2.05, 4.69) is 20.5 Å². The van der Waals surface area contributed by atoms with Gasteiger partial charge >= 0.3 is 0 Å². The van der Waals surface area contributed by atoms with E-state index in [-0.39, 0.29) is 11.6 Å². The van der Waals surface area contributed by atoms with Gasteiger partial charge in [-0.05, 0) is 42.0 Å². The first-order valence-corrected chi connectivity index (χ1v) is 11.7. The molecule has 2 heterocycles. The number of para-hydroxylation sites is 2. The number of nitro groups is 1. The lowest BCUT2D eigenvalue weighted by Gasteiger charge is -2.28. The summed E-state index contributed by atoms with van der Waals surface area (Å²) in [6.07, 6.45) is 1.55. The molecular weight excluding hydrogens is 472 g/mol. The summed E-state index contributed by atoms with van der Waals surface area (Å²) in [6, 6.07) is 25.8. The number of anilines is 5. The molecule has 1 saturated heterocycles. The van der Waals surface area contributed by atoms with E-state index >= 15 is 0 Å². The number of aromatic nitrogens is 3. The maximum atomic E-state index is 10.9. The van der Waals surface area contributed by atoms with Gasteiger partial charge in [0.25, 0.3) is 5.69 Å². The zero-order valence-electron chi connectivity index (χ0n) is 19.8. The highest BCUT2D eigenvalue weighted by atomic mass is 16.6. The van der Waals surface area contributed by atoms with Gasteiger partial charge in [-0.2, -0.15) is 20.1 Å². The Morgan fingerprint density at radius 3 is 2.11 bits per heavy atom. The standard InChI is InChI=1S/C26H24N8O3/c35-34(36)23-13-11-20(12-14-23)19-27-31-24-28-25(32-15-17-37-18-16-32)30-26(29-24)33(21-7-3-1-4-8-21)22-9-5-2-6-10-22/h1-14,19H,15-18H2,(H,28,29,30,31)/b27-19-. The molecular formula is C26H24N8O3. The molecule has 1 N–H and O–H groups in total. The predicted octanol–water partition coefficient (Wildman–Crippen LogP) is 4.53. The lowest BCUT2D eigenvalue weighted by atomic mass is 10.2. The van der Waals surface area contributed by atoms with Crippen LogP contribution in [0.15, 0.2) is 90.0 Å². The molecule has 0 aliphatic carbocycles. The Bertz CT molecular complexity index is 1320. The SMILES string of the molecule is O=[N+]([O-])c1ccc(/C=N\Nc2nc(N3CCOCC3)nc(N(c3ccccc3)c3ccccc3)n2)cc1. The topological polar surface area (TPSA) is 122 Å². The van der Waals surface area contributed by atoms with Gasteiger partial charge in [0.05, 0.1) is 24.4 Å². The first-order chi connectivity index (χ1) is 18.2. The molecule has 0 atom stereocenters. The van der Waals surface area contributed by atoms with Gasteiger partial charge in [0.1, 0.15) is 0 Å². The summed E-state index contributed by atoms with van der Waals surface area (Å²) in [5.74, 6) is 1.21. The van der Waals surface area contributed by atoms with Crippen molar-refractivity contribution in [3.05, 3.63) is 101 Å². The molecule has 5 rings (SSSR count). The third-order valence-corrected chi connectivity index (χ3v) is 5.62. The highest BCUT2D eigenvalue weighted by Crippen LogP contribution is 2.33. The van der Waals surface area contributed by atoms with Crippen molar-refractivity contribution in [3.63, 3.8) is 0 Å². The lowest BCUT2D eigenvalue weighted by molar-refractivity contribution is -0.384. The van der Waals surface area contributed by atoms with Gasteiger partial charge < -0.3 is 9.64 Å². The number of non-ortho nitro benzene ring substituents is 1. The zero-order chi connectivity index (χ0) is 25.5. The Morgan fingerprint density at radius 1 is 0.892 bits per heavy atom. The minimum Gasteiger partial charge on any atom is -0.378 e. The van der Waals surface area contributed by atoms with Crippen molar-refractivity contribution in [3.8, 4) is 0 Å². The van der Waals surface area contributed by atoms with Gasteiger partial charge in [-0.1, -0.05) is 36.4 Å². The smallest absolute Gasteiger partial charge is 0.269 e. The zero-order valence-corrected chi connectivity index (χ0v) is 19.8. The highest BCUT2D eigenvalue weighted by molar-refractivity contribution is 5.80.